The molecular formula is C17H21N3O2S2. The Morgan fingerprint density at radius 3 is 2.79 bits per heavy atom. The van der Waals surface area contributed by atoms with E-state index in [2.05, 4.69) is 15.6 Å². The van der Waals surface area contributed by atoms with Crippen LogP contribution in [0.5, 0.6) is 0 Å². The van der Waals surface area contributed by atoms with Gasteiger partial charge in [0.2, 0.25) is 5.91 Å². The summed E-state index contributed by atoms with van der Waals surface area (Å²) in [6.45, 7) is 2.26. The summed E-state index contributed by atoms with van der Waals surface area (Å²) >= 11 is 3.13. The third-order valence-electron chi connectivity index (χ3n) is 3.55. The number of hydrogen-bond acceptors (Lipinski definition) is 5. The van der Waals surface area contributed by atoms with Gasteiger partial charge in [0, 0.05) is 10.9 Å². The average molecular weight is 364 g/mol. The highest BCUT2D eigenvalue weighted by atomic mass is 32.2. The Morgan fingerprint density at radius 2 is 2.12 bits per heavy atom. The molecule has 1 aromatic carbocycles. The standard InChI is InChI=1S/C17H21N3O2S2/c1-12-5-3-4-6-14(12)16(21)20-15(7-8-23-2)17(22)18-9-13-10-24-11-19-13/h3-6,10-11,15H,7-9H2,1-2H3,(H,18,22)(H,20,21)/t15-/m0/s1. The SMILES string of the molecule is CSCC[C@H](NC(=O)c1ccccc1C)C(=O)NCc1cscn1. The molecule has 0 saturated heterocycles. The van der Waals surface area contributed by atoms with Crippen LogP contribution in [0.1, 0.15) is 28.0 Å². The third-order valence-corrected chi connectivity index (χ3v) is 4.83. The summed E-state index contributed by atoms with van der Waals surface area (Å²) in [6, 6.07) is 6.81. The van der Waals surface area contributed by atoms with E-state index in [0.29, 0.717) is 18.5 Å². The summed E-state index contributed by atoms with van der Waals surface area (Å²) in [6.07, 6.45) is 2.56. The van der Waals surface area contributed by atoms with E-state index in [4.69, 9.17) is 0 Å². The summed E-state index contributed by atoms with van der Waals surface area (Å²) in [5.74, 6) is 0.394. The lowest BCUT2D eigenvalue weighted by Crippen LogP contribution is -2.47. The first-order valence-electron chi connectivity index (χ1n) is 7.62. The van der Waals surface area contributed by atoms with E-state index < -0.39 is 6.04 Å². The van der Waals surface area contributed by atoms with Gasteiger partial charge in [-0.3, -0.25) is 9.59 Å². The summed E-state index contributed by atoms with van der Waals surface area (Å²) in [5.41, 5.74) is 4.04. The minimum atomic E-state index is -0.553. The molecule has 1 aromatic heterocycles. The van der Waals surface area contributed by atoms with Crippen molar-refractivity contribution >= 4 is 34.9 Å². The number of rotatable bonds is 8. The van der Waals surface area contributed by atoms with Crippen LogP contribution >= 0.6 is 23.1 Å². The molecule has 0 aliphatic heterocycles. The molecule has 2 aromatic rings. The molecule has 0 aliphatic carbocycles. The van der Waals surface area contributed by atoms with Crippen LogP contribution in [-0.4, -0.2) is 34.8 Å². The van der Waals surface area contributed by atoms with Crippen LogP contribution in [0.2, 0.25) is 0 Å². The Bertz CT molecular complexity index is 674. The second-order valence-electron chi connectivity index (χ2n) is 5.32. The van der Waals surface area contributed by atoms with Crippen molar-refractivity contribution in [2.45, 2.75) is 25.9 Å². The zero-order chi connectivity index (χ0) is 17.4. The molecule has 0 radical (unpaired) electrons. The largest absolute Gasteiger partial charge is 0.349 e. The average Bonchev–Trinajstić information content (AvgIpc) is 3.10. The van der Waals surface area contributed by atoms with Crippen molar-refractivity contribution in [3.05, 3.63) is 52.0 Å². The van der Waals surface area contributed by atoms with Crippen molar-refractivity contribution < 1.29 is 9.59 Å². The molecule has 0 aliphatic rings. The fraction of sp³-hybridized carbons (Fsp3) is 0.353. The number of hydrogen-bond donors (Lipinski definition) is 2. The number of nitrogens with zero attached hydrogens (tertiary/aromatic N) is 1. The highest BCUT2D eigenvalue weighted by Crippen LogP contribution is 2.09. The van der Waals surface area contributed by atoms with Gasteiger partial charge in [-0.15, -0.1) is 11.3 Å². The van der Waals surface area contributed by atoms with E-state index in [0.717, 1.165) is 17.0 Å². The van der Waals surface area contributed by atoms with Gasteiger partial charge in [0.15, 0.2) is 0 Å². The molecule has 1 heterocycles. The van der Waals surface area contributed by atoms with E-state index >= 15 is 0 Å². The Labute approximate surface area is 150 Å². The smallest absolute Gasteiger partial charge is 0.252 e. The van der Waals surface area contributed by atoms with E-state index in [1.807, 2.05) is 36.8 Å². The van der Waals surface area contributed by atoms with Crippen molar-refractivity contribution in [1.82, 2.24) is 15.6 Å². The van der Waals surface area contributed by atoms with Gasteiger partial charge in [-0.25, -0.2) is 4.98 Å². The van der Waals surface area contributed by atoms with E-state index in [1.54, 1.807) is 23.3 Å². The Kier molecular flexibility index (Phi) is 7.27. The van der Waals surface area contributed by atoms with Crippen LogP contribution < -0.4 is 10.6 Å². The lowest BCUT2D eigenvalue weighted by atomic mass is 10.1. The Balaban J connectivity index is 2.00. The maximum absolute atomic E-state index is 12.5. The summed E-state index contributed by atoms with van der Waals surface area (Å²) < 4.78 is 0. The third kappa shape index (κ3) is 5.35. The highest BCUT2D eigenvalue weighted by molar-refractivity contribution is 7.98. The van der Waals surface area contributed by atoms with E-state index in [-0.39, 0.29) is 11.8 Å². The number of amides is 2. The van der Waals surface area contributed by atoms with Gasteiger partial charge in [0.25, 0.3) is 5.91 Å². The van der Waals surface area contributed by atoms with Gasteiger partial charge in [-0.1, -0.05) is 18.2 Å². The molecule has 0 fully saturated rings. The minimum Gasteiger partial charge on any atom is -0.349 e. The second kappa shape index (κ2) is 9.44. The number of thiazole rings is 1. The van der Waals surface area contributed by atoms with Gasteiger partial charge in [0.05, 0.1) is 17.7 Å². The quantitative estimate of drug-likeness (QED) is 0.756. The molecule has 24 heavy (non-hydrogen) atoms. The van der Waals surface area contributed by atoms with Crippen molar-refractivity contribution in [2.75, 3.05) is 12.0 Å². The van der Waals surface area contributed by atoms with Crippen LogP contribution in [0.4, 0.5) is 0 Å². The Hall–Kier alpha value is -1.86. The molecular weight excluding hydrogens is 342 g/mol. The van der Waals surface area contributed by atoms with Crippen LogP contribution in [0, 0.1) is 6.92 Å². The lowest BCUT2D eigenvalue weighted by Gasteiger charge is -2.18. The zero-order valence-electron chi connectivity index (χ0n) is 13.7. The van der Waals surface area contributed by atoms with Crippen LogP contribution in [0.3, 0.4) is 0 Å². The van der Waals surface area contributed by atoms with Crippen LogP contribution in [0.25, 0.3) is 0 Å². The number of carbonyl (C=O) groups is 2. The van der Waals surface area contributed by atoms with Gasteiger partial charge < -0.3 is 10.6 Å². The normalized spacial score (nSPS) is 11.8. The molecule has 0 unspecified atom stereocenters. The molecule has 7 heteroatoms. The van der Waals surface area contributed by atoms with Crippen molar-refractivity contribution in [2.24, 2.45) is 0 Å². The Morgan fingerprint density at radius 1 is 1.33 bits per heavy atom. The van der Waals surface area contributed by atoms with Crippen LogP contribution in [-0.2, 0) is 11.3 Å². The molecule has 2 rings (SSSR count). The molecule has 0 bridgehead atoms. The molecule has 2 N–H and O–H groups in total. The minimum absolute atomic E-state index is 0.181. The number of carbonyl (C=O) groups excluding carboxylic acids is 2. The lowest BCUT2D eigenvalue weighted by molar-refractivity contribution is -0.123. The molecule has 0 saturated carbocycles. The van der Waals surface area contributed by atoms with Gasteiger partial charge >= 0.3 is 0 Å². The zero-order valence-corrected chi connectivity index (χ0v) is 15.4. The van der Waals surface area contributed by atoms with Gasteiger partial charge in [0.1, 0.15) is 6.04 Å². The molecule has 0 spiro atoms. The predicted octanol–water partition coefficient (Wildman–Crippen LogP) is 2.62. The fourth-order valence-electron chi connectivity index (χ4n) is 2.19. The van der Waals surface area contributed by atoms with Crippen molar-refractivity contribution in [1.29, 1.82) is 0 Å². The van der Waals surface area contributed by atoms with Crippen molar-refractivity contribution in [3.63, 3.8) is 0 Å². The number of nitrogens with one attached hydrogen (secondary N) is 2. The summed E-state index contributed by atoms with van der Waals surface area (Å²) in [4.78, 5) is 29.0. The monoisotopic (exact) mass is 363 g/mol. The van der Waals surface area contributed by atoms with Gasteiger partial charge in [-0.2, -0.15) is 11.8 Å². The molecule has 5 nitrogen and oxygen atoms in total. The topological polar surface area (TPSA) is 71.1 Å². The van der Waals surface area contributed by atoms with Gasteiger partial charge in [-0.05, 0) is 37.0 Å². The highest BCUT2D eigenvalue weighted by Gasteiger charge is 2.21. The second-order valence-corrected chi connectivity index (χ2v) is 7.02. The van der Waals surface area contributed by atoms with E-state index in [1.165, 1.54) is 11.3 Å². The first-order valence-corrected chi connectivity index (χ1v) is 9.95. The van der Waals surface area contributed by atoms with Crippen LogP contribution in [0.15, 0.2) is 35.2 Å². The summed E-state index contributed by atoms with van der Waals surface area (Å²) in [7, 11) is 0. The fourth-order valence-corrected chi connectivity index (χ4v) is 3.22. The first-order chi connectivity index (χ1) is 11.6. The molecule has 2 amide bonds. The molecule has 1 atom stereocenters. The number of benzene rings is 1. The van der Waals surface area contributed by atoms with E-state index in [9.17, 15) is 9.59 Å². The predicted molar refractivity (Wildman–Crippen MR) is 99.4 cm³/mol. The number of aryl methyl sites for hydroxylation is 1. The number of thioether (sulfide) groups is 1. The first kappa shape index (κ1) is 18.5. The maximum Gasteiger partial charge on any atom is 0.252 e. The van der Waals surface area contributed by atoms with Crippen molar-refractivity contribution in [3.8, 4) is 0 Å². The maximum atomic E-state index is 12.5. The number of aromatic nitrogens is 1. The summed E-state index contributed by atoms with van der Waals surface area (Å²) in [5, 5.41) is 7.60. The molecule has 128 valence electrons.